The number of piperidine rings is 1. The first-order valence-corrected chi connectivity index (χ1v) is 8.35. The third-order valence-corrected chi connectivity index (χ3v) is 4.82. The molecule has 0 atom stereocenters. The van der Waals surface area contributed by atoms with Gasteiger partial charge in [-0.25, -0.2) is 4.79 Å². The number of benzene rings is 1. The van der Waals surface area contributed by atoms with Crippen LogP contribution < -0.4 is 9.47 Å². The maximum Gasteiger partial charge on any atom is 0.410 e. The van der Waals surface area contributed by atoms with E-state index in [1.54, 1.807) is 18.2 Å². The molecule has 2 fully saturated rings. The van der Waals surface area contributed by atoms with Gasteiger partial charge in [0.1, 0.15) is 0 Å². The molecule has 7 heteroatoms. The van der Waals surface area contributed by atoms with E-state index in [4.69, 9.17) is 14.2 Å². The standard InChI is InChI=1S/C17H20N2O5/c20-16(12-2-3-14-15(10-12)24-11-23-14)18-7-4-13(5-8-18)19-6-1-9-22-17(19)21/h2-3,10,13H,1,4-9,11H2. The number of carbonyl (C=O) groups excluding carboxylic acids is 2. The first kappa shape index (κ1) is 15.1. The van der Waals surface area contributed by atoms with Crippen molar-refractivity contribution in [2.45, 2.75) is 25.3 Å². The van der Waals surface area contributed by atoms with E-state index in [1.807, 2.05) is 9.80 Å². The summed E-state index contributed by atoms with van der Waals surface area (Å²) in [7, 11) is 0. The van der Waals surface area contributed by atoms with Crippen LogP contribution in [0.1, 0.15) is 29.6 Å². The Morgan fingerprint density at radius 1 is 1.04 bits per heavy atom. The Balaban J connectivity index is 1.38. The van der Waals surface area contributed by atoms with Crippen LogP contribution in [0.15, 0.2) is 18.2 Å². The second-order valence-electron chi connectivity index (χ2n) is 6.25. The van der Waals surface area contributed by atoms with E-state index in [0.717, 1.165) is 25.8 Å². The number of carbonyl (C=O) groups is 2. The minimum absolute atomic E-state index is 0.00651. The number of fused-ring (bicyclic) bond motifs is 1. The van der Waals surface area contributed by atoms with Crippen molar-refractivity contribution in [2.75, 3.05) is 33.0 Å². The fourth-order valence-electron chi connectivity index (χ4n) is 3.49. The first-order chi connectivity index (χ1) is 11.7. The molecule has 3 heterocycles. The predicted octanol–water partition coefficient (Wildman–Crippen LogP) is 1.86. The average molecular weight is 332 g/mol. The van der Waals surface area contributed by atoms with Crippen molar-refractivity contribution in [3.05, 3.63) is 23.8 Å². The van der Waals surface area contributed by atoms with Crippen molar-refractivity contribution in [2.24, 2.45) is 0 Å². The Morgan fingerprint density at radius 2 is 1.83 bits per heavy atom. The zero-order valence-electron chi connectivity index (χ0n) is 13.4. The van der Waals surface area contributed by atoms with Crippen molar-refractivity contribution in [1.29, 1.82) is 0 Å². The molecule has 0 bridgehead atoms. The van der Waals surface area contributed by atoms with Crippen molar-refractivity contribution >= 4 is 12.0 Å². The minimum Gasteiger partial charge on any atom is -0.454 e. The molecule has 0 aromatic heterocycles. The van der Waals surface area contributed by atoms with Crippen LogP contribution in [0.25, 0.3) is 0 Å². The van der Waals surface area contributed by atoms with Gasteiger partial charge in [-0.3, -0.25) is 4.79 Å². The van der Waals surface area contributed by atoms with E-state index in [2.05, 4.69) is 0 Å². The van der Waals surface area contributed by atoms with E-state index < -0.39 is 0 Å². The van der Waals surface area contributed by atoms with Crippen LogP contribution in [0, 0.1) is 0 Å². The molecule has 0 spiro atoms. The molecule has 4 rings (SSSR count). The number of ether oxygens (including phenoxy) is 3. The molecular formula is C17H20N2O5. The highest BCUT2D eigenvalue weighted by Gasteiger charge is 2.32. The van der Waals surface area contributed by atoms with Crippen molar-refractivity contribution in [3.63, 3.8) is 0 Å². The van der Waals surface area contributed by atoms with Crippen LogP contribution in [0.3, 0.4) is 0 Å². The quantitative estimate of drug-likeness (QED) is 0.827. The second-order valence-corrected chi connectivity index (χ2v) is 6.25. The lowest BCUT2D eigenvalue weighted by Gasteiger charge is -2.39. The summed E-state index contributed by atoms with van der Waals surface area (Å²) in [5.74, 6) is 1.29. The molecule has 2 amide bonds. The number of likely N-dealkylation sites (tertiary alicyclic amines) is 1. The highest BCUT2D eigenvalue weighted by Crippen LogP contribution is 2.33. The van der Waals surface area contributed by atoms with Crippen LogP contribution in [-0.2, 0) is 4.74 Å². The summed E-state index contributed by atoms with van der Waals surface area (Å²) in [6.07, 6.45) is 2.22. The van der Waals surface area contributed by atoms with Crippen molar-refractivity contribution < 1.29 is 23.8 Å². The number of rotatable bonds is 2. The first-order valence-electron chi connectivity index (χ1n) is 8.35. The van der Waals surface area contributed by atoms with Crippen LogP contribution in [0.2, 0.25) is 0 Å². The number of amides is 2. The molecule has 0 unspecified atom stereocenters. The van der Waals surface area contributed by atoms with Crippen molar-refractivity contribution in [3.8, 4) is 11.5 Å². The van der Waals surface area contributed by atoms with Gasteiger partial charge in [-0.15, -0.1) is 0 Å². The Bertz CT molecular complexity index is 654. The maximum absolute atomic E-state index is 12.7. The Labute approximate surface area is 140 Å². The van der Waals surface area contributed by atoms with Gasteiger partial charge in [0.15, 0.2) is 11.5 Å². The normalized spacial score (nSPS) is 20.9. The third-order valence-electron chi connectivity index (χ3n) is 4.82. The van der Waals surface area contributed by atoms with Gasteiger partial charge in [0, 0.05) is 31.2 Å². The van der Waals surface area contributed by atoms with Gasteiger partial charge in [-0.05, 0) is 37.5 Å². The molecule has 24 heavy (non-hydrogen) atoms. The second kappa shape index (κ2) is 6.22. The van der Waals surface area contributed by atoms with Gasteiger partial charge in [0.25, 0.3) is 5.91 Å². The molecule has 2 saturated heterocycles. The zero-order chi connectivity index (χ0) is 16.5. The Kier molecular flexibility index (Phi) is 3.92. The Morgan fingerprint density at radius 3 is 2.62 bits per heavy atom. The average Bonchev–Trinajstić information content (AvgIpc) is 3.09. The molecule has 3 aliphatic heterocycles. The predicted molar refractivity (Wildman–Crippen MR) is 84.2 cm³/mol. The maximum atomic E-state index is 12.7. The van der Waals surface area contributed by atoms with Gasteiger partial charge in [0.05, 0.1) is 6.61 Å². The number of hydrogen-bond acceptors (Lipinski definition) is 5. The monoisotopic (exact) mass is 332 g/mol. The van der Waals surface area contributed by atoms with Crippen molar-refractivity contribution in [1.82, 2.24) is 9.80 Å². The molecule has 1 aromatic rings. The summed E-state index contributed by atoms with van der Waals surface area (Å²) in [5, 5.41) is 0. The van der Waals surface area contributed by atoms with E-state index in [-0.39, 0.29) is 24.8 Å². The van der Waals surface area contributed by atoms with Gasteiger partial charge in [0.2, 0.25) is 6.79 Å². The fraction of sp³-hybridized carbons (Fsp3) is 0.529. The molecule has 0 radical (unpaired) electrons. The van der Waals surface area contributed by atoms with Crippen LogP contribution in [0.4, 0.5) is 4.79 Å². The van der Waals surface area contributed by atoms with Crippen LogP contribution in [-0.4, -0.2) is 60.9 Å². The Hall–Kier alpha value is -2.44. The van der Waals surface area contributed by atoms with E-state index in [0.29, 0.717) is 36.8 Å². The molecule has 0 saturated carbocycles. The zero-order valence-corrected chi connectivity index (χ0v) is 13.4. The van der Waals surface area contributed by atoms with Gasteiger partial charge < -0.3 is 24.0 Å². The number of cyclic esters (lactones) is 1. The summed E-state index contributed by atoms with van der Waals surface area (Å²) < 4.78 is 15.7. The third kappa shape index (κ3) is 2.74. The lowest BCUT2D eigenvalue weighted by atomic mass is 10.0. The molecule has 0 N–H and O–H groups in total. The summed E-state index contributed by atoms with van der Waals surface area (Å²) >= 11 is 0. The van der Waals surface area contributed by atoms with E-state index in [9.17, 15) is 9.59 Å². The van der Waals surface area contributed by atoms with E-state index >= 15 is 0 Å². The van der Waals surface area contributed by atoms with Crippen LogP contribution >= 0.6 is 0 Å². The van der Waals surface area contributed by atoms with Gasteiger partial charge in [-0.2, -0.15) is 0 Å². The summed E-state index contributed by atoms with van der Waals surface area (Å²) in [5.41, 5.74) is 0.607. The summed E-state index contributed by atoms with van der Waals surface area (Å²) in [4.78, 5) is 28.2. The molecule has 1 aromatic carbocycles. The SMILES string of the molecule is O=C(c1ccc2c(c1)OCO2)N1CCC(N2CCCOC2=O)CC1. The summed E-state index contributed by atoms with van der Waals surface area (Å²) in [6.45, 7) is 2.74. The topological polar surface area (TPSA) is 68.3 Å². The van der Waals surface area contributed by atoms with Gasteiger partial charge in [-0.1, -0.05) is 0 Å². The van der Waals surface area contributed by atoms with Crippen LogP contribution in [0.5, 0.6) is 11.5 Å². The lowest BCUT2D eigenvalue weighted by Crippen LogP contribution is -2.50. The highest BCUT2D eigenvalue weighted by atomic mass is 16.7. The largest absolute Gasteiger partial charge is 0.454 e. The minimum atomic E-state index is -0.221. The van der Waals surface area contributed by atoms with E-state index in [1.165, 1.54) is 0 Å². The lowest BCUT2D eigenvalue weighted by molar-refractivity contribution is 0.0356. The molecule has 0 aliphatic carbocycles. The highest BCUT2D eigenvalue weighted by molar-refractivity contribution is 5.95. The molecule has 7 nitrogen and oxygen atoms in total. The smallest absolute Gasteiger partial charge is 0.410 e. The molecule has 128 valence electrons. The number of nitrogens with zero attached hydrogens (tertiary/aromatic N) is 2. The fourth-order valence-corrected chi connectivity index (χ4v) is 3.49. The number of hydrogen-bond donors (Lipinski definition) is 0. The van der Waals surface area contributed by atoms with Gasteiger partial charge >= 0.3 is 6.09 Å². The molecular weight excluding hydrogens is 312 g/mol. The summed E-state index contributed by atoms with van der Waals surface area (Å²) in [6, 6.07) is 5.44. The molecule has 3 aliphatic rings.